The first-order valence-corrected chi connectivity index (χ1v) is 6.32. The Morgan fingerprint density at radius 2 is 1.94 bits per heavy atom. The summed E-state index contributed by atoms with van der Waals surface area (Å²) in [5.41, 5.74) is 0. The van der Waals surface area contributed by atoms with E-state index >= 15 is 0 Å². The average molecular weight is 257 g/mol. The van der Waals surface area contributed by atoms with Crippen molar-refractivity contribution < 1.29 is 14.3 Å². The Hall–Kier alpha value is -1.14. The van der Waals surface area contributed by atoms with Crippen molar-refractivity contribution in [1.29, 1.82) is 0 Å². The first-order valence-electron chi connectivity index (χ1n) is 6.32. The zero-order valence-corrected chi connectivity index (χ0v) is 11.4. The Morgan fingerprint density at radius 1 is 1.33 bits per heavy atom. The third-order valence-electron chi connectivity index (χ3n) is 2.96. The van der Waals surface area contributed by atoms with E-state index in [1.54, 1.807) is 19.0 Å². The Kier molecular flexibility index (Phi) is 6.07. The van der Waals surface area contributed by atoms with Gasteiger partial charge in [0.2, 0.25) is 11.8 Å². The van der Waals surface area contributed by atoms with Crippen LogP contribution in [0.1, 0.15) is 13.3 Å². The summed E-state index contributed by atoms with van der Waals surface area (Å²) in [7, 11) is 3.44. The average Bonchev–Trinajstić information content (AvgIpc) is 2.38. The normalized spacial score (nSPS) is 17.4. The number of morpholine rings is 1. The van der Waals surface area contributed by atoms with Gasteiger partial charge in [-0.2, -0.15) is 0 Å². The molecule has 1 unspecified atom stereocenters. The standard InChI is InChI=1S/C12H23N3O3/c1-10(12(17)14(2)3)13-5-4-11(16)15-6-8-18-9-7-15/h10,13H,4-9H2,1-3H3. The van der Waals surface area contributed by atoms with E-state index in [9.17, 15) is 9.59 Å². The number of carbonyl (C=O) groups is 2. The van der Waals surface area contributed by atoms with Crippen LogP contribution < -0.4 is 5.32 Å². The fourth-order valence-electron chi connectivity index (χ4n) is 1.84. The molecule has 0 spiro atoms. The number of rotatable bonds is 5. The van der Waals surface area contributed by atoms with Gasteiger partial charge in [0.05, 0.1) is 19.3 Å². The van der Waals surface area contributed by atoms with Crippen molar-refractivity contribution >= 4 is 11.8 Å². The molecule has 1 fully saturated rings. The highest BCUT2D eigenvalue weighted by Gasteiger charge is 2.18. The minimum atomic E-state index is -0.252. The van der Waals surface area contributed by atoms with Crippen molar-refractivity contribution in [3.63, 3.8) is 0 Å². The van der Waals surface area contributed by atoms with Gasteiger partial charge in [-0.25, -0.2) is 0 Å². The van der Waals surface area contributed by atoms with Crippen LogP contribution in [0.15, 0.2) is 0 Å². The van der Waals surface area contributed by atoms with Crippen LogP contribution >= 0.6 is 0 Å². The van der Waals surface area contributed by atoms with Gasteiger partial charge in [0.15, 0.2) is 0 Å². The lowest BCUT2D eigenvalue weighted by atomic mass is 10.2. The van der Waals surface area contributed by atoms with Crippen LogP contribution in [0.2, 0.25) is 0 Å². The molecule has 0 aromatic rings. The molecule has 0 aromatic carbocycles. The van der Waals surface area contributed by atoms with E-state index in [2.05, 4.69) is 5.32 Å². The number of nitrogens with zero attached hydrogens (tertiary/aromatic N) is 2. The van der Waals surface area contributed by atoms with Gasteiger partial charge in [-0.3, -0.25) is 9.59 Å². The number of hydrogen-bond acceptors (Lipinski definition) is 4. The van der Waals surface area contributed by atoms with Crippen LogP contribution in [0, 0.1) is 0 Å². The van der Waals surface area contributed by atoms with Gasteiger partial charge in [0, 0.05) is 40.2 Å². The van der Waals surface area contributed by atoms with Crippen LogP contribution in [0.3, 0.4) is 0 Å². The maximum atomic E-state index is 11.8. The van der Waals surface area contributed by atoms with Crippen LogP contribution in [-0.4, -0.2) is 74.6 Å². The SMILES string of the molecule is CC(NCCC(=O)N1CCOCC1)C(=O)N(C)C. The first kappa shape index (κ1) is 14.9. The summed E-state index contributed by atoms with van der Waals surface area (Å²) >= 11 is 0. The van der Waals surface area contributed by atoms with Crippen molar-refractivity contribution in [2.75, 3.05) is 46.9 Å². The summed E-state index contributed by atoms with van der Waals surface area (Å²) in [4.78, 5) is 26.7. The Balaban J connectivity index is 2.20. The molecule has 1 rings (SSSR count). The largest absolute Gasteiger partial charge is 0.378 e. The molecule has 6 heteroatoms. The van der Waals surface area contributed by atoms with Crippen LogP contribution in [0.5, 0.6) is 0 Å². The molecule has 0 aromatic heterocycles. The van der Waals surface area contributed by atoms with Crippen LogP contribution in [0.25, 0.3) is 0 Å². The Bertz CT molecular complexity index is 288. The molecule has 6 nitrogen and oxygen atoms in total. The van der Waals surface area contributed by atoms with E-state index in [1.165, 1.54) is 0 Å². The molecular formula is C12H23N3O3. The molecule has 18 heavy (non-hydrogen) atoms. The van der Waals surface area contributed by atoms with Crippen LogP contribution in [0.4, 0.5) is 0 Å². The molecule has 0 radical (unpaired) electrons. The second-order valence-corrected chi connectivity index (χ2v) is 4.65. The van der Waals surface area contributed by atoms with Crippen molar-refractivity contribution in [3.8, 4) is 0 Å². The highest BCUT2D eigenvalue weighted by Crippen LogP contribution is 1.99. The molecule has 1 atom stereocenters. The monoisotopic (exact) mass is 257 g/mol. The van der Waals surface area contributed by atoms with Gasteiger partial charge in [-0.15, -0.1) is 0 Å². The highest BCUT2D eigenvalue weighted by molar-refractivity contribution is 5.81. The molecule has 104 valence electrons. The molecular weight excluding hydrogens is 234 g/mol. The molecule has 1 aliphatic heterocycles. The minimum Gasteiger partial charge on any atom is -0.378 e. The van der Waals surface area contributed by atoms with E-state index in [0.29, 0.717) is 39.3 Å². The molecule has 1 N–H and O–H groups in total. The minimum absolute atomic E-state index is 0.0221. The van der Waals surface area contributed by atoms with Crippen LogP contribution in [-0.2, 0) is 14.3 Å². The maximum absolute atomic E-state index is 11.8. The lowest BCUT2D eigenvalue weighted by Gasteiger charge is -2.27. The second-order valence-electron chi connectivity index (χ2n) is 4.65. The lowest BCUT2D eigenvalue weighted by Crippen LogP contribution is -2.44. The fraction of sp³-hybridized carbons (Fsp3) is 0.833. The molecule has 2 amide bonds. The molecule has 0 bridgehead atoms. The van der Waals surface area contributed by atoms with Gasteiger partial charge >= 0.3 is 0 Å². The van der Waals surface area contributed by atoms with Gasteiger partial charge in [-0.1, -0.05) is 0 Å². The predicted octanol–water partition coefficient (Wildman–Crippen LogP) is -0.698. The zero-order chi connectivity index (χ0) is 13.5. The third kappa shape index (κ3) is 4.62. The third-order valence-corrected chi connectivity index (χ3v) is 2.96. The van der Waals surface area contributed by atoms with E-state index in [0.717, 1.165) is 0 Å². The Morgan fingerprint density at radius 3 is 2.50 bits per heavy atom. The number of nitrogens with one attached hydrogen (secondary N) is 1. The molecule has 1 heterocycles. The quantitative estimate of drug-likeness (QED) is 0.707. The predicted molar refractivity (Wildman–Crippen MR) is 68.2 cm³/mol. The van der Waals surface area contributed by atoms with E-state index in [-0.39, 0.29) is 17.9 Å². The van der Waals surface area contributed by atoms with Crippen molar-refractivity contribution in [2.45, 2.75) is 19.4 Å². The Labute approximate surface area is 108 Å². The fourth-order valence-corrected chi connectivity index (χ4v) is 1.84. The summed E-state index contributed by atoms with van der Waals surface area (Å²) in [6.45, 7) is 4.91. The zero-order valence-electron chi connectivity index (χ0n) is 11.4. The number of likely N-dealkylation sites (N-methyl/N-ethyl adjacent to an activating group) is 1. The second kappa shape index (κ2) is 7.33. The molecule has 1 aliphatic rings. The smallest absolute Gasteiger partial charge is 0.238 e. The molecule has 1 saturated heterocycles. The summed E-state index contributed by atoms with van der Waals surface area (Å²) in [6.07, 6.45) is 0.422. The number of carbonyl (C=O) groups excluding carboxylic acids is 2. The van der Waals surface area contributed by atoms with Gasteiger partial charge in [0.1, 0.15) is 0 Å². The summed E-state index contributed by atoms with van der Waals surface area (Å²) in [6, 6.07) is -0.252. The lowest BCUT2D eigenvalue weighted by molar-refractivity contribution is -0.135. The summed E-state index contributed by atoms with van der Waals surface area (Å²) in [5, 5.41) is 3.06. The maximum Gasteiger partial charge on any atom is 0.238 e. The molecule has 0 aliphatic carbocycles. The van der Waals surface area contributed by atoms with Crippen molar-refractivity contribution in [2.24, 2.45) is 0 Å². The van der Waals surface area contributed by atoms with Gasteiger partial charge in [-0.05, 0) is 6.92 Å². The first-order chi connectivity index (χ1) is 8.52. The topological polar surface area (TPSA) is 61.9 Å². The number of amides is 2. The summed E-state index contributed by atoms with van der Waals surface area (Å²) in [5.74, 6) is 0.143. The van der Waals surface area contributed by atoms with Crippen molar-refractivity contribution in [1.82, 2.24) is 15.1 Å². The highest BCUT2D eigenvalue weighted by atomic mass is 16.5. The van der Waals surface area contributed by atoms with E-state index < -0.39 is 0 Å². The van der Waals surface area contributed by atoms with E-state index in [1.807, 2.05) is 11.8 Å². The van der Waals surface area contributed by atoms with Gasteiger partial charge < -0.3 is 19.9 Å². The number of ether oxygens (including phenoxy) is 1. The van der Waals surface area contributed by atoms with Crippen molar-refractivity contribution in [3.05, 3.63) is 0 Å². The number of hydrogen-bond donors (Lipinski definition) is 1. The van der Waals surface area contributed by atoms with E-state index in [4.69, 9.17) is 4.74 Å². The molecule has 0 saturated carbocycles. The van der Waals surface area contributed by atoms with Gasteiger partial charge in [0.25, 0.3) is 0 Å². The summed E-state index contributed by atoms with van der Waals surface area (Å²) < 4.78 is 5.19.